The number of halogens is 1. The Kier molecular flexibility index (Phi) is 7.38. The highest BCUT2D eigenvalue weighted by Crippen LogP contribution is 2.15. The molecule has 0 amide bonds. The summed E-state index contributed by atoms with van der Waals surface area (Å²) in [4.78, 5) is 0.152. The Hall–Kier alpha value is -0.580. The molecule has 0 N–H and O–H groups in total. The fourth-order valence-corrected chi connectivity index (χ4v) is 1.83. The first-order valence-corrected chi connectivity index (χ1v) is 7.31. The average Bonchev–Trinajstić information content (AvgIpc) is 2.18. The van der Waals surface area contributed by atoms with E-state index in [9.17, 15) is 8.42 Å². The van der Waals surface area contributed by atoms with E-state index in [0.29, 0.717) is 0 Å². The normalized spacial score (nSPS) is 10.5. The third-order valence-electron chi connectivity index (χ3n) is 1.68. The molecule has 0 saturated carbocycles. The van der Waals surface area contributed by atoms with Gasteiger partial charge >= 0.3 is 0 Å². The van der Waals surface area contributed by atoms with Crippen LogP contribution in [-0.4, -0.2) is 21.6 Å². The molecular weight excluding hydrogens is 248 g/mol. The van der Waals surface area contributed by atoms with Crippen LogP contribution in [0.3, 0.4) is 0 Å². The molecule has 92 valence electrons. The molecule has 0 heterocycles. The molecule has 0 aliphatic carbocycles. The maximum Gasteiger partial charge on any atom is 0.261 e. The fraction of sp³-hybridized carbons (Fsp3) is 0.455. The summed E-state index contributed by atoms with van der Waals surface area (Å²) >= 11 is 0. The van der Waals surface area contributed by atoms with Gasteiger partial charge in [-0.1, -0.05) is 12.1 Å². The Morgan fingerprint density at radius 2 is 1.81 bits per heavy atom. The molecule has 0 spiro atoms. The van der Waals surface area contributed by atoms with Crippen molar-refractivity contribution in [2.24, 2.45) is 0 Å². The minimum absolute atomic E-state index is 0.152. The Morgan fingerprint density at radius 3 is 2.06 bits per heavy atom. The summed E-state index contributed by atoms with van der Waals surface area (Å²) in [5.74, 6) is 0. The van der Waals surface area contributed by atoms with Gasteiger partial charge in [-0.2, -0.15) is 0 Å². The van der Waals surface area contributed by atoms with Crippen molar-refractivity contribution in [3.8, 4) is 0 Å². The summed E-state index contributed by atoms with van der Waals surface area (Å²) in [7, 11) is 1.55. The lowest BCUT2D eigenvalue weighted by molar-refractivity contribution is 0.162. The number of benzene rings is 1. The Balaban J connectivity index is 0.000000385. The molecule has 3 nitrogen and oxygen atoms in total. The summed E-state index contributed by atoms with van der Waals surface area (Å²) in [5, 5.41) is 0. The molecule has 0 unspecified atom stereocenters. The Morgan fingerprint density at radius 1 is 1.25 bits per heavy atom. The van der Waals surface area contributed by atoms with Crippen LogP contribution in [0.15, 0.2) is 29.2 Å². The molecule has 0 fully saturated rings. The minimum Gasteiger partial charge on any atom is -0.382 e. The molecule has 0 aliphatic rings. The van der Waals surface area contributed by atoms with Gasteiger partial charge in [-0.15, -0.1) is 0 Å². The summed E-state index contributed by atoms with van der Waals surface area (Å²) in [5.41, 5.74) is 0.881. The molecule has 0 bridgehead atoms. The number of ether oxygens (including phenoxy) is 1. The minimum atomic E-state index is -3.55. The van der Waals surface area contributed by atoms with E-state index < -0.39 is 9.05 Å². The second-order valence-corrected chi connectivity index (χ2v) is 5.60. The summed E-state index contributed by atoms with van der Waals surface area (Å²) in [6.45, 7) is 7.48. The zero-order valence-corrected chi connectivity index (χ0v) is 11.3. The molecule has 1 aromatic carbocycles. The molecule has 0 atom stereocenters. The average molecular weight is 265 g/mol. The predicted octanol–water partition coefficient (Wildman–Crippen LogP) is 2.97. The first-order valence-electron chi connectivity index (χ1n) is 5.00. The van der Waals surface area contributed by atoms with E-state index in [-0.39, 0.29) is 4.90 Å². The maximum atomic E-state index is 10.8. The van der Waals surface area contributed by atoms with E-state index in [1.54, 1.807) is 6.07 Å². The third-order valence-corrected chi connectivity index (χ3v) is 3.03. The number of hydrogen-bond acceptors (Lipinski definition) is 3. The van der Waals surface area contributed by atoms with Crippen LogP contribution in [0.5, 0.6) is 0 Å². The quantitative estimate of drug-likeness (QED) is 0.789. The maximum absolute atomic E-state index is 10.8. The number of hydrogen-bond donors (Lipinski definition) is 0. The zero-order chi connectivity index (χ0) is 12.6. The molecule has 0 saturated heterocycles. The van der Waals surface area contributed by atoms with Gasteiger partial charge in [0.15, 0.2) is 0 Å². The smallest absolute Gasteiger partial charge is 0.261 e. The van der Waals surface area contributed by atoms with Gasteiger partial charge in [0.1, 0.15) is 0 Å². The molecule has 1 rings (SSSR count). The second kappa shape index (κ2) is 7.65. The van der Waals surface area contributed by atoms with Gasteiger partial charge in [0.2, 0.25) is 0 Å². The molecule has 1 aromatic rings. The summed E-state index contributed by atoms with van der Waals surface area (Å²) < 4.78 is 26.3. The predicted molar refractivity (Wildman–Crippen MR) is 66.4 cm³/mol. The molecule has 5 heteroatoms. The van der Waals surface area contributed by atoms with Crippen molar-refractivity contribution in [3.63, 3.8) is 0 Å². The van der Waals surface area contributed by atoms with Crippen LogP contribution >= 0.6 is 10.7 Å². The molecular formula is C11H17ClO3S. The van der Waals surface area contributed by atoms with E-state index in [2.05, 4.69) is 0 Å². The highest BCUT2D eigenvalue weighted by molar-refractivity contribution is 8.13. The van der Waals surface area contributed by atoms with Gasteiger partial charge in [0.05, 0.1) is 4.90 Å². The molecule has 0 aliphatic heterocycles. The SMILES string of the molecule is CCOCC.Cc1cccc(S(=O)(=O)Cl)c1. The van der Waals surface area contributed by atoms with Crippen molar-refractivity contribution < 1.29 is 13.2 Å². The largest absolute Gasteiger partial charge is 0.382 e. The van der Waals surface area contributed by atoms with Crippen molar-refractivity contribution in [1.82, 2.24) is 0 Å². The van der Waals surface area contributed by atoms with Crippen molar-refractivity contribution in [3.05, 3.63) is 29.8 Å². The van der Waals surface area contributed by atoms with Gasteiger partial charge in [-0.05, 0) is 38.5 Å². The van der Waals surface area contributed by atoms with Crippen LogP contribution in [0.4, 0.5) is 0 Å². The lowest BCUT2D eigenvalue weighted by Gasteiger charge is -1.95. The van der Waals surface area contributed by atoms with Crippen LogP contribution in [0.1, 0.15) is 19.4 Å². The molecule has 0 aromatic heterocycles. The van der Waals surface area contributed by atoms with E-state index in [0.717, 1.165) is 18.8 Å². The van der Waals surface area contributed by atoms with Crippen molar-refractivity contribution in [2.45, 2.75) is 25.7 Å². The second-order valence-electron chi connectivity index (χ2n) is 3.04. The third kappa shape index (κ3) is 6.82. The lowest BCUT2D eigenvalue weighted by Crippen LogP contribution is -1.89. The first-order chi connectivity index (χ1) is 7.41. The van der Waals surface area contributed by atoms with Crippen LogP contribution in [0, 0.1) is 6.92 Å². The zero-order valence-electron chi connectivity index (χ0n) is 9.73. The Bertz CT molecular complexity index is 399. The van der Waals surface area contributed by atoms with Crippen LogP contribution < -0.4 is 0 Å². The highest BCUT2D eigenvalue weighted by atomic mass is 35.7. The topological polar surface area (TPSA) is 43.4 Å². The highest BCUT2D eigenvalue weighted by Gasteiger charge is 2.07. The van der Waals surface area contributed by atoms with Gasteiger partial charge in [0.25, 0.3) is 9.05 Å². The van der Waals surface area contributed by atoms with E-state index in [1.807, 2.05) is 26.8 Å². The van der Waals surface area contributed by atoms with Crippen LogP contribution in [0.2, 0.25) is 0 Å². The van der Waals surface area contributed by atoms with Crippen LogP contribution in [0.25, 0.3) is 0 Å². The van der Waals surface area contributed by atoms with Crippen molar-refractivity contribution in [2.75, 3.05) is 13.2 Å². The van der Waals surface area contributed by atoms with Gasteiger partial charge in [-0.25, -0.2) is 8.42 Å². The summed E-state index contributed by atoms with van der Waals surface area (Å²) in [6.07, 6.45) is 0. The van der Waals surface area contributed by atoms with Gasteiger partial charge in [0, 0.05) is 23.9 Å². The molecule has 16 heavy (non-hydrogen) atoms. The monoisotopic (exact) mass is 264 g/mol. The van der Waals surface area contributed by atoms with Crippen molar-refractivity contribution >= 4 is 19.7 Å². The van der Waals surface area contributed by atoms with E-state index in [4.69, 9.17) is 15.4 Å². The standard InChI is InChI=1S/C7H7ClO2S.C4H10O/c1-6-3-2-4-7(5-6)11(8,9)10;1-3-5-4-2/h2-5H,1H3;3-4H2,1-2H3. The van der Waals surface area contributed by atoms with Crippen LogP contribution in [-0.2, 0) is 13.8 Å². The van der Waals surface area contributed by atoms with Gasteiger partial charge < -0.3 is 4.74 Å². The lowest BCUT2D eigenvalue weighted by atomic mass is 10.2. The summed E-state index contributed by atoms with van der Waals surface area (Å²) in [6, 6.07) is 6.47. The molecule has 0 radical (unpaired) electrons. The van der Waals surface area contributed by atoms with Gasteiger partial charge in [-0.3, -0.25) is 0 Å². The first kappa shape index (κ1) is 15.4. The Labute approximate surface area is 102 Å². The number of rotatable bonds is 3. The fourth-order valence-electron chi connectivity index (χ4n) is 0.971. The number of aryl methyl sites for hydroxylation is 1. The van der Waals surface area contributed by atoms with E-state index >= 15 is 0 Å². The van der Waals surface area contributed by atoms with E-state index in [1.165, 1.54) is 12.1 Å². The van der Waals surface area contributed by atoms with Crippen molar-refractivity contribution in [1.29, 1.82) is 0 Å².